The number of rotatable bonds is 3. The predicted octanol–water partition coefficient (Wildman–Crippen LogP) is 6.23. The van der Waals surface area contributed by atoms with Crippen LogP contribution in [0.15, 0.2) is 69.6 Å². The number of nitrogens with zero attached hydrogens (tertiary/aromatic N) is 2. The van der Waals surface area contributed by atoms with Gasteiger partial charge in [-0.3, -0.25) is 4.79 Å². The van der Waals surface area contributed by atoms with E-state index in [1.54, 1.807) is 17.0 Å². The van der Waals surface area contributed by atoms with E-state index in [2.05, 4.69) is 17.9 Å². The van der Waals surface area contributed by atoms with Crippen LogP contribution in [0.2, 0.25) is 5.02 Å². The number of hydrogen-bond acceptors (Lipinski definition) is 5. The summed E-state index contributed by atoms with van der Waals surface area (Å²) in [5.74, 6) is -0.335. The standard InChI is InChI=1S/C23H15ClF3N3O2S/c1-12-3-2-4-14(9-12)30-20(29-21(31)16(11-28)22(30)33)19-8-7-18(32-19)15-10-13(23(25,26)27)5-6-17(15)24/h2-10,20,33H,1H3,(H,29,31). The van der Waals surface area contributed by atoms with E-state index >= 15 is 0 Å². The summed E-state index contributed by atoms with van der Waals surface area (Å²) in [6, 6.07) is 15.1. The van der Waals surface area contributed by atoms with Crippen LogP contribution in [0.3, 0.4) is 0 Å². The molecule has 1 N–H and O–H groups in total. The number of aryl methyl sites for hydroxylation is 1. The first-order chi connectivity index (χ1) is 15.6. The Bertz CT molecular complexity index is 1330. The van der Waals surface area contributed by atoms with Crippen molar-refractivity contribution in [3.05, 3.63) is 87.1 Å². The van der Waals surface area contributed by atoms with Gasteiger partial charge in [-0.25, -0.2) is 0 Å². The van der Waals surface area contributed by atoms with E-state index in [-0.39, 0.29) is 32.7 Å². The van der Waals surface area contributed by atoms with E-state index in [4.69, 9.17) is 16.0 Å². The molecule has 2 heterocycles. The van der Waals surface area contributed by atoms with Gasteiger partial charge in [-0.15, -0.1) is 12.6 Å². The smallest absolute Gasteiger partial charge is 0.416 e. The summed E-state index contributed by atoms with van der Waals surface area (Å²) in [7, 11) is 0. The molecule has 0 aliphatic carbocycles. The van der Waals surface area contributed by atoms with Gasteiger partial charge < -0.3 is 14.6 Å². The minimum Gasteiger partial charge on any atom is -0.457 e. The molecule has 1 atom stereocenters. The second-order valence-electron chi connectivity index (χ2n) is 7.29. The van der Waals surface area contributed by atoms with Crippen LogP contribution in [-0.4, -0.2) is 5.91 Å². The first-order valence-corrected chi connectivity index (χ1v) is 10.4. The zero-order valence-electron chi connectivity index (χ0n) is 16.9. The van der Waals surface area contributed by atoms with E-state index in [0.29, 0.717) is 5.69 Å². The van der Waals surface area contributed by atoms with Crippen molar-refractivity contribution in [2.75, 3.05) is 4.90 Å². The highest BCUT2D eigenvalue weighted by molar-refractivity contribution is 7.84. The van der Waals surface area contributed by atoms with Gasteiger partial charge in [0, 0.05) is 11.3 Å². The Labute approximate surface area is 197 Å². The summed E-state index contributed by atoms with van der Waals surface area (Å²) < 4.78 is 45.4. The van der Waals surface area contributed by atoms with Crippen LogP contribution < -0.4 is 10.2 Å². The van der Waals surface area contributed by atoms with Gasteiger partial charge in [0.25, 0.3) is 5.91 Å². The highest BCUT2D eigenvalue weighted by Gasteiger charge is 2.36. The Balaban J connectivity index is 1.80. The molecule has 168 valence electrons. The largest absolute Gasteiger partial charge is 0.457 e. The molecule has 4 rings (SSSR count). The van der Waals surface area contributed by atoms with Crippen LogP contribution in [0.1, 0.15) is 23.1 Å². The fraction of sp³-hybridized carbons (Fsp3) is 0.130. The zero-order valence-corrected chi connectivity index (χ0v) is 18.6. The van der Waals surface area contributed by atoms with Crippen molar-refractivity contribution in [3.63, 3.8) is 0 Å². The normalized spacial score (nSPS) is 16.6. The lowest BCUT2D eigenvalue weighted by Gasteiger charge is -2.36. The Morgan fingerprint density at radius 2 is 1.94 bits per heavy atom. The monoisotopic (exact) mass is 489 g/mol. The van der Waals surface area contributed by atoms with Crippen molar-refractivity contribution in [2.45, 2.75) is 19.3 Å². The summed E-state index contributed by atoms with van der Waals surface area (Å²) in [6.45, 7) is 1.88. The first kappa shape index (κ1) is 22.8. The zero-order chi connectivity index (χ0) is 23.9. The first-order valence-electron chi connectivity index (χ1n) is 9.57. The lowest BCUT2D eigenvalue weighted by molar-refractivity contribution is -0.137. The third-order valence-electron chi connectivity index (χ3n) is 5.05. The number of amides is 1. The molecule has 1 amide bonds. The fourth-order valence-electron chi connectivity index (χ4n) is 3.49. The van der Waals surface area contributed by atoms with Crippen molar-refractivity contribution in [1.29, 1.82) is 5.26 Å². The van der Waals surface area contributed by atoms with Gasteiger partial charge in [-0.05, 0) is 55.0 Å². The molecular weight excluding hydrogens is 475 g/mol. The Morgan fingerprint density at radius 3 is 2.61 bits per heavy atom. The van der Waals surface area contributed by atoms with E-state index in [1.807, 2.05) is 25.1 Å². The molecule has 1 unspecified atom stereocenters. The van der Waals surface area contributed by atoms with Crippen LogP contribution >= 0.6 is 24.2 Å². The summed E-state index contributed by atoms with van der Waals surface area (Å²) in [5.41, 5.74) is 0.572. The van der Waals surface area contributed by atoms with E-state index in [9.17, 15) is 23.2 Å². The molecule has 10 heteroatoms. The number of carbonyl (C=O) groups excluding carboxylic acids is 1. The number of hydrogen-bond donors (Lipinski definition) is 2. The minimum absolute atomic E-state index is 0.0568. The number of alkyl halides is 3. The number of halogens is 4. The van der Waals surface area contributed by atoms with E-state index < -0.39 is 23.8 Å². The minimum atomic E-state index is -4.55. The lowest BCUT2D eigenvalue weighted by Crippen LogP contribution is -2.45. The Morgan fingerprint density at radius 1 is 1.18 bits per heavy atom. The highest BCUT2D eigenvalue weighted by atomic mass is 35.5. The number of thiol groups is 1. The molecule has 5 nitrogen and oxygen atoms in total. The van der Waals surface area contributed by atoms with Crippen molar-refractivity contribution in [3.8, 4) is 17.4 Å². The molecule has 0 saturated heterocycles. The van der Waals surface area contributed by atoms with Crippen molar-refractivity contribution < 1.29 is 22.4 Å². The summed E-state index contributed by atoms with van der Waals surface area (Å²) >= 11 is 10.6. The van der Waals surface area contributed by atoms with Crippen molar-refractivity contribution in [1.82, 2.24) is 5.32 Å². The van der Waals surface area contributed by atoms with Crippen LogP contribution in [0.25, 0.3) is 11.3 Å². The van der Waals surface area contributed by atoms with Gasteiger partial charge in [-0.1, -0.05) is 23.7 Å². The predicted molar refractivity (Wildman–Crippen MR) is 120 cm³/mol. The van der Waals surface area contributed by atoms with Crippen LogP contribution in [0, 0.1) is 18.3 Å². The van der Waals surface area contributed by atoms with Gasteiger partial charge >= 0.3 is 6.18 Å². The number of nitrogens with one attached hydrogen (secondary N) is 1. The van der Waals surface area contributed by atoms with Crippen LogP contribution in [-0.2, 0) is 11.0 Å². The molecule has 2 aromatic carbocycles. The van der Waals surface area contributed by atoms with Gasteiger partial charge in [0.05, 0.1) is 15.6 Å². The average Bonchev–Trinajstić information content (AvgIpc) is 3.23. The molecule has 0 bridgehead atoms. The van der Waals surface area contributed by atoms with Crippen LogP contribution in [0.4, 0.5) is 18.9 Å². The molecule has 0 spiro atoms. The van der Waals surface area contributed by atoms with Crippen molar-refractivity contribution in [2.24, 2.45) is 0 Å². The summed E-state index contributed by atoms with van der Waals surface area (Å²) in [6.07, 6.45) is -5.45. The summed E-state index contributed by atoms with van der Waals surface area (Å²) in [4.78, 5) is 14.1. The third-order valence-corrected chi connectivity index (χ3v) is 5.82. The molecule has 1 aliphatic heterocycles. The van der Waals surface area contributed by atoms with Crippen LogP contribution in [0.5, 0.6) is 0 Å². The van der Waals surface area contributed by atoms with Crippen molar-refractivity contribution >= 4 is 35.8 Å². The lowest BCUT2D eigenvalue weighted by atomic mass is 10.1. The quantitative estimate of drug-likeness (QED) is 0.428. The SMILES string of the molecule is Cc1cccc(N2C(S)=C(C#N)C(=O)NC2c2ccc(-c3cc(C(F)(F)F)ccc3Cl)o2)c1. The second-order valence-corrected chi connectivity index (χ2v) is 8.12. The number of anilines is 1. The number of furan rings is 1. The Kier molecular flexibility index (Phi) is 5.91. The molecule has 0 fully saturated rings. The maximum atomic E-state index is 13.2. The summed E-state index contributed by atoms with van der Waals surface area (Å²) in [5, 5.41) is 12.3. The molecule has 0 saturated carbocycles. The molecule has 1 aromatic heterocycles. The van der Waals surface area contributed by atoms with Gasteiger partial charge in [0.2, 0.25) is 0 Å². The average molecular weight is 490 g/mol. The molecular formula is C23H15ClF3N3O2S. The molecule has 33 heavy (non-hydrogen) atoms. The topological polar surface area (TPSA) is 69.3 Å². The number of benzene rings is 2. The molecule has 3 aromatic rings. The van der Waals surface area contributed by atoms with E-state index in [0.717, 1.165) is 23.8 Å². The molecule has 0 radical (unpaired) electrons. The van der Waals surface area contributed by atoms with Gasteiger partial charge in [-0.2, -0.15) is 18.4 Å². The highest BCUT2D eigenvalue weighted by Crippen LogP contribution is 2.40. The molecule has 1 aliphatic rings. The third kappa shape index (κ3) is 4.32. The maximum Gasteiger partial charge on any atom is 0.416 e. The van der Waals surface area contributed by atoms with Gasteiger partial charge in [0.1, 0.15) is 23.2 Å². The Hall–Kier alpha value is -3.35. The maximum absolute atomic E-state index is 13.2. The number of nitriles is 1. The second kappa shape index (κ2) is 8.54. The number of carbonyl (C=O) groups is 1. The fourth-order valence-corrected chi connectivity index (χ4v) is 4.08. The van der Waals surface area contributed by atoms with E-state index in [1.165, 1.54) is 12.1 Å². The van der Waals surface area contributed by atoms with Gasteiger partial charge in [0.15, 0.2) is 6.17 Å².